The molecule has 0 saturated carbocycles. The average molecular weight is 325 g/mol. The lowest BCUT2D eigenvalue weighted by atomic mass is 10.2. The van der Waals surface area contributed by atoms with Gasteiger partial charge < -0.3 is 10.3 Å². The zero-order valence-corrected chi connectivity index (χ0v) is 13.0. The Balaban J connectivity index is 2.44. The van der Waals surface area contributed by atoms with Gasteiger partial charge in [0.2, 0.25) is 0 Å². The van der Waals surface area contributed by atoms with E-state index in [-0.39, 0.29) is 0 Å². The van der Waals surface area contributed by atoms with Crippen molar-refractivity contribution in [2.45, 2.75) is 13.8 Å². The number of rotatable bonds is 3. The number of aryl methyl sites for hydroxylation is 1. The molecule has 21 heavy (non-hydrogen) atoms. The molecule has 0 fully saturated rings. The molecule has 0 atom stereocenters. The fourth-order valence-electron chi connectivity index (χ4n) is 2.12. The maximum atomic E-state index is 10.6. The average Bonchev–Trinajstić information content (AvgIpc) is 2.65. The molecule has 0 aliphatic heterocycles. The topological polar surface area (TPSA) is 72.4 Å². The highest BCUT2D eigenvalue weighted by Crippen LogP contribution is 2.28. The fraction of sp³-hybridized carbons (Fsp3) is 0.143. The van der Waals surface area contributed by atoms with Gasteiger partial charge in [0.05, 0.1) is 16.9 Å². The van der Waals surface area contributed by atoms with Crippen molar-refractivity contribution in [1.82, 2.24) is 9.99 Å². The molecule has 0 saturated heterocycles. The van der Waals surface area contributed by atoms with Crippen LogP contribution >= 0.6 is 23.2 Å². The molecule has 1 heterocycles. The van der Waals surface area contributed by atoms with Gasteiger partial charge in [-0.05, 0) is 38.1 Å². The lowest BCUT2D eigenvalue weighted by molar-refractivity contribution is 0.249. The standard InChI is InChI=1S/C14H14Cl2N4O/c1-8-5-10(7-18-19-14(17)21)9(2)20(8)13-4-3-11(15)6-12(13)16/h3-7H,1-2H3,(H3,17,19,21)/b18-7-. The van der Waals surface area contributed by atoms with Gasteiger partial charge >= 0.3 is 6.03 Å². The molecule has 5 nitrogen and oxygen atoms in total. The molecule has 7 heteroatoms. The van der Waals surface area contributed by atoms with Crippen LogP contribution in [0.2, 0.25) is 10.0 Å². The van der Waals surface area contributed by atoms with Gasteiger partial charge in [0.15, 0.2) is 0 Å². The summed E-state index contributed by atoms with van der Waals surface area (Å²) < 4.78 is 1.99. The van der Waals surface area contributed by atoms with E-state index in [9.17, 15) is 4.79 Å². The molecule has 3 N–H and O–H groups in total. The van der Waals surface area contributed by atoms with Crippen molar-refractivity contribution >= 4 is 35.4 Å². The Morgan fingerprint density at radius 1 is 1.33 bits per heavy atom. The summed E-state index contributed by atoms with van der Waals surface area (Å²) in [6.45, 7) is 3.89. The van der Waals surface area contributed by atoms with Crippen LogP contribution in [0.25, 0.3) is 5.69 Å². The summed E-state index contributed by atoms with van der Waals surface area (Å²) in [6.07, 6.45) is 1.54. The molecule has 1 aromatic heterocycles. The third-order valence-electron chi connectivity index (χ3n) is 3.00. The molecule has 2 amide bonds. The van der Waals surface area contributed by atoms with E-state index < -0.39 is 6.03 Å². The molecule has 0 bridgehead atoms. The highest BCUT2D eigenvalue weighted by Gasteiger charge is 2.12. The normalized spacial score (nSPS) is 11.0. The van der Waals surface area contributed by atoms with E-state index in [1.807, 2.05) is 30.5 Å². The van der Waals surface area contributed by atoms with Gasteiger partial charge in [-0.2, -0.15) is 5.10 Å². The molecular formula is C14H14Cl2N4O. The number of carbonyl (C=O) groups excluding carboxylic acids is 1. The number of hydrogen-bond acceptors (Lipinski definition) is 2. The van der Waals surface area contributed by atoms with Crippen molar-refractivity contribution in [3.05, 3.63) is 51.3 Å². The van der Waals surface area contributed by atoms with Gasteiger partial charge in [0.25, 0.3) is 0 Å². The summed E-state index contributed by atoms with van der Waals surface area (Å²) in [4.78, 5) is 10.6. The van der Waals surface area contributed by atoms with Crippen molar-refractivity contribution in [2.24, 2.45) is 10.8 Å². The minimum absolute atomic E-state index is 0.558. The Bertz CT molecular complexity index is 722. The second-order valence-electron chi connectivity index (χ2n) is 4.49. The third kappa shape index (κ3) is 3.37. The van der Waals surface area contributed by atoms with Crippen molar-refractivity contribution in [3.63, 3.8) is 0 Å². The zero-order valence-electron chi connectivity index (χ0n) is 11.5. The summed E-state index contributed by atoms with van der Waals surface area (Å²) >= 11 is 12.2. The van der Waals surface area contributed by atoms with Crippen LogP contribution in [0.4, 0.5) is 4.79 Å². The number of halogens is 2. The summed E-state index contributed by atoms with van der Waals surface area (Å²) in [7, 11) is 0. The van der Waals surface area contributed by atoms with Crippen LogP contribution in [0.1, 0.15) is 17.0 Å². The lowest BCUT2D eigenvalue weighted by Gasteiger charge is -2.11. The van der Waals surface area contributed by atoms with Crippen LogP contribution < -0.4 is 11.2 Å². The number of hydrogen-bond donors (Lipinski definition) is 2. The summed E-state index contributed by atoms with van der Waals surface area (Å²) in [5.74, 6) is 0. The SMILES string of the molecule is Cc1cc(/C=N\NC(N)=O)c(C)n1-c1ccc(Cl)cc1Cl. The van der Waals surface area contributed by atoms with Crippen molar-refractivity contribution < 1.29 is 4.79 Å². The van der Waals surface area contributed by atoms with Crippen molar-refractivity contribution in [2.75, 3.05) is 0 Å². The van der Waals surface area contributed by atoms with Crippen molar-refractivity contribution in [3.8, 4) is 5.69 Å². The summed E-state index contributed by atoms with van der Waals surface area (Å²) in [5.41, 5.74) is 10.7. The molecule has 0 spiro atoms. The highest BCUT2D eigenvalue weighted by atomic mass is 35.5. The Morgan fingerprint density at radius 2 is 2.05 bits per heavy atom. The number of hydrazone groups is 1. The monoisotopic (exact) mass is 324 g/mol. The molecule has 0 radical (unpaired) electrons. The number of carbonyl (C=O) groups is 1. The van der Waals surface area contributed by atoms with E-state index >= 15 is 0 Å². The largest absolute Gasteiger partial charge is 0.350 e. The van der Waals surface area contributed by atoms with Crippen LogP contribution in [0.15, 0.2) is 29.4 Å². The molecular weight excluding hydrogens is 311 g/mol. The fourth-order valence-corrected chi connectivity index (χ4v) is 2.61. The van der Waals surface area contributed by atoms with E-state index in [0.717, 1.165) is 22.6 Å². The minimum atomic E-state index is -0.708. The summed E-state index contributed by atoms with van der Waals surface area (Å²) in [5, 5.41) is 4.91. The predicted octanol–water partition coefficient (Wildman–Crippen LogP) is 3.40. The van der Waals surface area contributed by atoms with Crippen LogP contribution in [0.5, 0.6) is 0 Å². The molecule has 0 unspecified atom stereocenters. The number of amides is 2. The second kappa shape index (κ2) is 6.20. The first-order valence-electron chi connectivity index (χ1n) is 6.13. The maximum Gasteiger partial charge on any atom is 0.332 e. The number of nitrogens with two attached hydrogens (primary N) is 1. The number of benzene rings is 1. The number of primary amides is 1. The third-order valence-corrected chi connectivity index (χ3v) is 3.54. The van der Waals surface area contributed by atoms with Gasteiger partial charge in [-0.15, -0.1) is 0 Å². The van der Waals surface area contributed by atoms with Crippen LogP contribution in [0, 0.1) is 13.8 Å². The molecule has 2 aromatic rings. The molecule has 110 valence electrons. The van der Waals surface area contributed by atoms with Crippen LogP contribution in [-0.4, -0.2) is 16.8 Å². The predicted molar refractivity (Wildman–Crippen MR) is 85.6 cm³/mol. The molecule has 1 aromatic carbocycles. The van der Waals surface area contributed by atoms with Gasteiger partial charge in [-0.1, -0.05) is 23.2 Å². The zero-order chi connectivity index (χ0) is 15.6. The van der Waals surface area contributed by atoms with Gasteiger partial charge in [0, 0.05) is 22.0 Å². The van der Waals surface area contributed by atoms with Gasteiger partial charge in [-0.25, -0.2) is 10.2 Å². The Kier molecular flexibility index (Phi) is 4.55. The van der Waals surface area contributed by atoms with E-state index in [1.54, 1.807) is 12.1 Å². The first kappa shape index (κ1) is 15.4. The highest BCUT2D eigenvalue weighted by molar-refractivity contribution is 6.35. The summed E-state index contributed by atoms with van der Waals surface area (Å²) in [6, 6.07) is 6.56. The number of nitrogens with zero attached hydrogens (tertiary/aromatic N) is 2. The lowest BCUT2D eigenvalue weighted by Crippen LogP contribution is -2.24. The number of aromatic nitrogens is 1. The van der Waals surface area contributed by atoms with E-state index in [0.29, 0.717) is 10.0 Å². The first-order chi connectivity index (χ1) is 9.90. The number of nitrogens with one attached hydrogen (secondary N) is 1. The molecule has 0 aliphatic carbocycles. The van der Waals surface area contributed by atoms with Crippen molar-refractivity contribution in [1.29, 1.82) is 0 Å². The Hall–Kier alpha value is -1.98. The molecule has 0 aliphatic rings. The smallest absolute Gasteiger partial charge is 0.332 e. The minimum Gasteiger partial charge on any atom is -0.350 e. The second-order valence-corrected chi connectivity index (χ2v) is 5.34. The number of urea groups is 1. The first-order valence-corrected chi connectivity index (χ1v) is 6.88. The quantitative estimate of drug-likeness (QED) is 0.659. The van der Waals surface area contributed by atoms with Gasteiger partial charge in [-0.3, -0.25) is 0 Å². The van der Waals surface area contributed by atoms with Crippen LogP contribution in [-0.2, 0) is 0 Å². The maximum absolute atomic E-state index is 10.6. The Labute approximate surface area is 132 Å². The Morgan fingerprint density at radius 3 is 2.67 bits per heavy atom. The van der Waals surface area contributed by atoms with Gasteiger partial charge in [0.1, 0.15) is 0 Å². The van der Waals surface area contributed by atoms with E-state index in [4.69, 9.17) is 28.9 Å². The van der Waals surface area contributed by atoms with Crippen LogP contribution in [0.3, 0.4) is 0 Å². The van der Waals surface area contributed by atoms with E-state index in [1.165, 1.54) is 6.21 Å². The van der Waals surface area contributed by atoms with E-state index in [2.05, 4.69) is 10.5 Å². The molecule has 2 rings (SSSR count).